The summed E-state index contributed by atoms with van der Waals surface area (Å²) < 4.78 is 0. The fourth-order valence-corrected chi connectivity index (χ4v) is 2.44. The number of aryl methyl sites for hydroxylation is 1. The molecule has 3 N–H and O–H groups in total. The van der Waals surface area contributed by atoms with E-state index in [0.717, 1.165) is 43.4 Å². The van der Waals surface area contributed by atoms with Crippen molar-refractivity contribution in [3.8, 4) is 0 Å². The van der Waals surface area contributed by atoms with Crippen molar-refractivity contribution in [3.05, 3.63) is 11.9 Å². The van der Waals surface area contributed by atoms with Crippen molar-refractivity contribution >= 4 is 11.6 Å². The Morgan fingerprint density at radius 2 is 2.17 bits per heavy atom. The third-order valence-corrected chi connectivity index (χ3v) is 3.54. The van der Waals surface area contributed by atoms with Crippen LogP contribution in [0.2, 0.25) is 0 Å². The topological polar surface area (TPSA) is 67.1 Å². The summed E-state index contributed by atoms with van der Waals surface area (Å²) in [5, 5.41) is 3.44. The first-order valence-electron chi connectivity index (χ1n) is 6.83. The van der Waals surface area contributed by atoms with Gasteiger partial charge < -0.3 is 16.0 Å². The van der Waals surface area contributed by atoms with Gasteiger partial charge in [-0.2, -0.15) is 0 Å². The molecular formula is C13H21N5. The van der Waals surface area contributed by atoms with Gasteiger partial charge in [0.1, 0.15) is 17.5 Å². The average Bonchev–Trinajstić information content (AvgIpc) is 3.12. The average molecular weight is 247 g/mol. The van der Waals surface area contributed by atoms with E-state index in [9.17, 15) is 0 Å². The first-order valence-corrected chi connectivity index (χ1v) is 6.83. The van der Waals surface area contributed by atoms with Crippen LogP contribution >= 0.6 is 0 Å². The molecule has 2 aliphatic rings. The van der Waals surface area contributed by atoms with Gasteiger partial charge in [0, 0.05) is 31.2 Å². The third-order valence-electron chi connectivity index (χ3n) is 3.54. The number of nitrogens with one attached hydrogen (secondary N) is 1. The highest BCUT2D eigenvalue weighted by atomic mass is 15.2. The highest BCUT2D eigenvalue weighted by Gasteiger charge is 2.23. The van der Waals surface area contributed by atoms with E-state index >= 15 is 0 Å². The molecule has 0 bridgehead atoms. The second-order valence-corrected chi connectivity index (χ2v) is 5.43. The number of piperidine rings is 1. The smallest absolute Gasteiger partial charge is 0.134 e. The van der Waals surface area contributed by atoms with Crippen LogP contribution in [-0.4, -0.2) is 35.1 Å². The van der Waals surface area contributed by atoms with E-state index < -0.39 is 0 Å². The molecule has 1 aliphatic carbocycles. The molecule has 1 unspecified atom stereocenters. The summed E-state index contributed by atoms with van der Waals surface area (Å²) >= 11 is 0. The number of hydrogen-bond donors (Lipinski definition) is 2. The van der Waals surface area contributed by atoms with Crippen LogP contribution in [0.1, 0.15) is 31.5 Å². The molecule has 2 heterocycles. The lowest BCUT2D eigenvalue weighted by Crippen LogP contribution is -2.43. The number of hydrogen-bond acceptors (Lipinski definition) is 5. The Kier molecular flexibility index (Phi) is 3.07. The van der Waals surface area contributed by atoms with Gasteiger partial charge >= 0.3 is 0 Å². The zero-order chi connectivity index (χ0) is 12.5. The van der Waals surface area contributed by atoms with Crippen LogP contribution < -0.4 is 16.0 Å². The summed E-state index contributed by atoms with van der Waals surface area (Å²) in [6.07, 6.45) is 4.78. The fraction of sp³-hybridized carbons (Fsp3) is 0.692. The Balaban J connectivity index is 1.78. The minimum absolute atomic E-state index is 0.272. The molecule has 0 radical (unpaired) electrons. The van der Waals surface area contributed by atoms with Gasteiger partial charge in [-0.25, -0.2) is 9.97 Å². The molecule has 18 heavy (non-hydrogen) atoms. The molecule has 3 rings (SSSR count). The molecule has 1 aliphatic heterocycles. The Bertz CT molecular complexity index is 429. The number of nitrogens with zero attached hydrogens (tertiary/aromatic N) is 3. The molecule has 1 saturated heterocycles. The van der Waals surface area contributed by atoms with Gasteiger partial charge in [0.2, 0.25) is 0 Å². The maximum absolute atomic E-state index is 6.03. The molecule has 0 amide bonds. The van der Waals surface area contributed by atoms with Crippen LogP contribution in [0.4, 0.5) is 11.6 Å². The van der Waals surface area contributed by atoms with Gasteiger partial charge in [-0.05, 0) is 32.6 Å². The summed E-state index contributed by atoms with van der Waals surface area (Å²) in [6, 6.07) is 2.95. The maximum atomic E-state index is 6.03. The van der Waals surface area contributed by atoms with Crippen molar-refractivity contribution in [2.75, 3.05) is 23.3 Å². The number of nitrogens with two attached hydrogens (primary N) is 1. The van der Waals surface area contributed by atoms with Crippen LogP contribution in [0, 0.1) is 6.92 Å². The van der Waals surface area contributed by atoms with Crippen molar-refractivity contribution in [3.63, 3.8) is 0 Å². The molecule has 0 spiro atoms. The number of aromatic nitrogens is 2. The largest absolute Gasteiger partial charge is 0.367 e. The molecular weight excluding hydrogens is 226 g/mol. The standard InChI is InChI=1S/C13H21N5/c1-9-15-12(17-11-4-5-11)7-13(16-9)18-6-2-3-10(14)8-18/h7,10-11H,2-6,8,14H2,1H3,(H,15,16,17). The molecule has 1 aromatic rings. The highest BCUT2D eigenvalue weighted by Crippen LogP contribution is 2.26. The molecule has 1 saturated carbocycles. The van der Waals surface area contributed by atoms with Crippen LogP contribution in [0.25, 0.3) is 0 Å². The Morgan fingerprint density at radius 3 is 2.89 bits per heavy atom. The van der Waals surface area contributed by atoms with Crippen LogP contribution in [-0.2, 0) is 0 Å². The Morgan fingerprint density at radius 1 is 1.33 bits per heavy atom. The lowest BCUT2D eigenvalue weighted by molar-refractivity contribution is 0.503. The predicted molar refractivity (Wildman–Crippen MR) is 72.8 cm³/mol. The summed E-state index contributed by atoms with van der Waals surface area (Å²) in [5.74, 6) is 2.80. The first-order chi connectivity index (χ1) is 8.70. The lowest BCUT2D eigenvalue weighted by atomic mass is 10.1. The summed E-state index contributed by atoms with van der Waals surface area (Å²) in [4.78, 5) is 11.3. The zero-order valence-corrected chi connectivity index (χ0v) is 10.9. The maximum Gasteiger partial charge on any atom is 0.134 e. The van der Waals surface area contributed by atoms with E-state index in [1.165, 1.54) is 12.8 Å². The number of rotatable bonds is 3. The highest BCUT2D eigenvalue weighted by molar-refractivity contribution is 5.50. The van der Waals surface area contributed by atoms with Crippen LogP contribution in [0.3, 0.4) is 0 Å². The van der Waals surface area contributed by atoms with E-state index in [2.05, 4.69) is 26.3 Å². The van der Waals surface area contributed by atoms with Gasteiger partial charge in [-0.1, -0.05) is 0 Å². The zero-order valence-electron chi connectivity index (χ0n) is 10.9. The van der Waals surface area contributed by atoms with Crippen molar-refractivity contribution < 1.29 is 0 Å². The van der Waals surface area contributed by atoms with Gasteiger partial charge in [0.25, 0.3) is 0 Å². The van der Waals surface area contributed by atoms with Crippen molar-refractivity contribution in [1.29, 1.82) is 0 Å². The number of anilines is 2. The van der Waals surface area contributed by atoms with Crippen LogP contribution in [0.5, 0.6) is 0 Å². The minimum atomic E-state index is 0.272. The molecule has 0 aromatic carbocycles. The Labute approximate surface area is 108 Å². The monoisotopic (exact) mass is 247 g/mol. The molecule has 2 fully saturated rings. The van der Waals surface area contributed by atoms with Gasteiger partial charge in [-0.3, -0.25) is 0 Å². The molecule has 1 atom stereocenters. The molecule has 1 aromatic heterocycles. The van der Waals surface area contributed by atoms with Crippen molar-refractivity contribution in [2.45, 2.75) is 44.7 Å². The van der Waals surface area contributed by atoms with E-state index in [-0.39, 0.29) is 6.04 Å². The van der Waals surface area contributed by atoms with Gasteiger partial charge in [-0.15, -0.1) is 0 Å². The van der Waals surface area contributed by atoms with Crippen molar-refractivity contribution in [1.82, 2.24) is 9.97 Å². The SMILES string of the molecule is Cc1nc(NC2CC2)cc(N2CCCC(N)C2)n1. The summed E-state index contributed by atoms with van der Waals surface area (Å²) in [5.41, 5.74) is 6.03. The molecule has 5 nitrogen and oxygen atoms in total. The minimum Gasteiger partial charge on any atom is -0.367 e. The van der Waals surface area contributed by atoms with E-state index in [0.29, 0.717) is 6.04 Å². The normalized spacial score (nSPS) is 24.1. The lowest BCUT2D eigenvalue weighted by Gasteiger charge is -2.31. The van der Waals surface area contributed by atoms with Gasteiger partial charge in [0.05, 0.1) is 0 Å². The fourth-order valence-electron chi connectivity index (χ4n) is 2.44. The first kappa shape index (κ1) is 11.7. The molecule has 5 heteroatoms. The van der Waals surface area contributed by atoms with E-state index in [1.54, 1.807) is 0 Å². The summed E-state index contributed by atoms with van der Waals surface area (Å²) in [7, 11) is 0. The molecule has 98 valence electrons. The quantitative estimate of drug-likeness (QED) is 0.842. The summed E-state index contributed by atoms with van der Waals surface area (Å²) in [6.45, 7) is 3.90. The van der Waals surface area contributed by atoms with Gasteiger partial charge in [0.15, 0.2) is 0 Å². The van der Waals surface area contributed by atoms with E-state index in [1.807, 2.05) is 6.92 Å². The second kappa shape index (κ2) is 4.72. The van der Waals surface area contributed by atoms with Crippen molar-refractivity contribution in [2.24, 2.45) is 5.73 Å². The van der Waals surface area contributed by atoms with Crippen LogP contribution in [0.15, 0.2) is 6.07 Å². The third kappa shape index (κ3) is 2.72. The predicted octanol–water partition coefficient (Wildman–Crippen LogP) is 1.29. The second-order valence-electron chi connectivity index (χ2n) is 5.43. The Hall–Kier alpha value is -1.36. The van der Waals surface area contributed by atoms with E-state index in [4.69, 9.17) is 5.73 Å².